The number of imidazole rings is 1. The van der Waals surface area contributed by atoms with Crippen molar-refractivity contribution < 1.29 is 0 Å². The molecule has 2 heterocycles. The van der Waals surface area contributed by atoms with Gasteiger partial charge in [-0.2, -0.15) is 9.97 Å². The largest absolute Gasteiger partial charge is 0.365 e. The molecule has 1 fully saturated rings. The minimum Gasteiger partial charge on any atom is -0.365 e. The van der Waals surface area contributed by atoms with Crippen LogP contribution in [-0.2, 0) is 6.54 Å². The van der Waals surface area contributed by atoms with Crippen LogP contribution in [-0.4, -0.2) is 25.6 Å². The summed E-state index contributed by atoms with van der Waals surface area (Å²) < 4.78 is 2.18. The van der Waals surface area contributed by atoms with Crippen LogP contribution < -0.4 is 5.32 Å². The smallest absolute Gasteiger partial charge is 0.226 e. The van der Waals surface area contributed by atoms with Gasteiger partial charge in [-0.15, -0.1) is 6.58 Å². The molecule has 4 aromatic rings. The molecule has 0 saturated heterocycles. The number of nitrogens with one attached hydrogen (secondary N) is 1. The number of halogens is 2. The van der Waals surface area contributed by atoms with Crippen LogP contribution in [0.15, 0.2) is 61.2 Å². The fourth-order valence-electron chi connectivity index (χ4n) is 4.61. The van der Waals surface area contributed by atoms with E-state index in [1.165, 1.54) is 24.8 Å². The lowest BCUT2D eigenvalue weighted by Gasteiger charge is -2.34. The van der Waals surface area contributed by atoms with Gasteiger partial charge in [0.1, 0.15) is 11.3 Å². The van der Waals surface area contributed by atoms with Crippen molar-refractivity contribution in [2.24, 2.45) is 5.92 Å². The zero-order chi connectivity index (χ0) is 23.7. The lowest BCUT2D eigenvalue weighted by atomic mass is 9.78. The van der Waals surface area contributed by atoms with Crippen molar-refractivity contribution in [2.45, 2.75) is 45.2 Å². The van der Waals surface area contributed by atoms with E-state index in [4.69, 9.17) is 28.2 Å². The summed E-state index contributed by atoms with van der Waals surface area (Å²) in [6, 6.07) is 16.5. The lowest BCUT2D eigenvalue weighted by molar-refractivity contribution is 0.275. The fraction of sp³-hybridized carbons (Fsp3) is 0.296. The van der Waals surface area contributed by atoms with Crippen LogP contribution in [0.25, 0.3) is 22.6 Å². The first-order chi connectivity index (χ1) is 16.5. The van der Waals surface area contributed by atoms with E-state index in [-0.39, 0.29) is 11.3 Å². The van der Waals surface area contributed by atoms with Crippen molar-refractivity contribution in [3.63, 3.8) is 0 Å². The van der Waals surface area contributed by atoms with Gasteiger partial charge in [0.15, 0.2) is 11.5 Å². The molecular weight excluding hydrogens is 465 g/mol. The van der Waals surface area contributed by atoms with Crippen LogP contribution >= 0.6 is 23.2 Å². The van der Waals surface area contributed by atoms with E-state index in [1.807, 2.05) is 36.4 Å². The Hall–Kier alpha value is -2.89. The average Bonchev–Trinajstić information content (AvgIpc) is 3.12. The molecule has 174 valence electrons. The normalized spacial score (nSPS) is 14.7. The third kappa shape index (κ3) is 4.68. The summed E-state index contributed by atoms with van der Waals surface area (Å²) in [6.45, 7) is 6.65. The Morgan fingerprint density at radius 2 is 1.91 bits per heavy atom. The Balaban J connectivity index is 1.67. The van der Waals surface area contributed by atoms with Crippen LogP contribution in [0.3, 0.4) is 0 Å². The summed E-state index contributed by atoms with van der Waals surface area (Å²) in [5.41, 5.74) is 4.74. The molecule has 2 aromatic carbocycles. The zero-order valence-corrected chi connectivity index (χ0v) is 20.7. The Kier molecular flexibility index (Phi) is 6.57. The Morgan fingerprint density at radius 1 is 1.12 bits per heavy atom. The summed E-state index contributed by atoms with van der Waals surface area (Å²) in [5.74, 6) is 2.15. The average molecular weight is 492 g/mol. The highest BCUT2D eigenvalue weighted by atomic mass is 35.5. The number of hydrogen-bond donors (Lipinski definition) is 1. The Bertz CT molecular complexity index is 1330. The SMILES string of the molecule is C=CC[C@@H](Nc1nc(Cl)nc2nc(-c3cccc(C)c3)n(Cc3ccc(Cl)cc3)c12)C1CCC1. The van der Waals surface area contributed by atoms with Crippen molar-refractivity contribution in [3.05, 3.63) is 82.6 Å². The first-order valence-corrected chi connectivity index (χ1v) is 12.4. The summed E-state index contributed by atoms with van der Waals surface area (Å²) in [6.07, 6.45) is 6.53. The highest BCUT2D eigenvalue weighted by Gasteiger charge is 2.28. The molecule has 5 rings (SSSR count). The Morgan fingerprint density at radius 3 is 2.59 bits per heavy atom. The molecule has 2 aromatic heterocycles. The van der Waals surface area contributed by atoms with Crippen LogP contribution in [0.5, 0.6) is 0 Å². The summed E-state index contributed by atoms with van der Waals surface area (Å²) in [4.78, 5) is 14.1. The standard InChI is InChI=1S/C27H27Cl2N5/c1-3-6-22(19-8-5-9-19)30-24-23-25(33-27(29)32-24)31-26(20-10-4-7-17(2)15-20)34(23)16-18-11-13-21(28)14-12-18/h3-4,7,10-15,19,22H,1,5-6,8-9,16H2,2H3,(H,30,32,33)/t22-/m1/s1. The molecular formula is C27H27Cl2N5. The molecule has 1 aliphatic rings. The number of aromatic nitrogens is 4. The number of rotatable bonds is 8. The van der Waals surface area contributed by atoms with E-state index >= 15 is 0 Å². The number of anilines is 1. The van der Waals surface area contributed by atoms with Gasteiger partial charge in [0.2, 0.25) is 5.28 Å². The third-order valence-electron chi connectivity index (χ3n) is 6.57. The minimum atomic E-state index is 0.188. The van der Waals surface area contributed by atoms with Crippen molar-refractivity contribution >= 4 is 40.2 Å². The number of benzene rings is 2. The van der Waals surface area contributed by atoms with E-state index in [2.05, 4.69) is 51.6 Å². The maximum absolute atomic E-state index is 6.38. The van der Waals surface area contributed by atoms with E-state index < -0.39 is 0 Å². The quantitative estimate of drug-likeness (QED) is 0.207. The van der Waals surface area contributed by atoms with Gasteiger partial charge in [-0.05, 0) is 67.5 Å². The number of fused-ring (bicyclic) bond motifs is 1. The predicted octanol–water partition coefficient (Wildman–Crippen LogP) is 7.31. The second-order valence-corrected chi connectivity index (χ2v) is 9.77. The van der Waals surface area contributed by atoms with Gasteiger partial charge in [-0.1, -0.05) is 60.0 Å². The van der Waals surface area contributed by atoms with E-state index in [0.29, 0.717) is 29.0 Å². The van der Waals surface area contributed by atoms with Gasteiger partial charge in [-0.25, -0.2) is 4.98 Å². The van der Waals surface area contributed by atoms with Crippen LogP contribution in [0, 0.1) is 12.8 Å². The lowest BCUT2D eigenvalue weighted by Crippen LogP contribution is -2.33. The second-order valence-electron chi connectivity index (χ2n) is 9.00. The Labute approximate surface area is 209 Å². The molecule has 7 heteroatoms. The number of hydrogen-bond acceptors (Lipinski definition) is 4. The van der Waals surface area contributed by atoms with E-state index in [0.717, 1.165) is 28.9 Å². The summed E-state index contributed by atoms with van der Waals surface area (Å²) in [7, 11) is 0. The van der Waals surface area contributed by atoms with Crippen LogP contribution in [0.4, 0.5) is 5.82 Å². The highest BCUT2D eigenvalue weighted by Crippen LogP contribution is 2.35. The molecule has 0 bridgehead atoms. The van der Waals surface area contributed by atoms with E-state index in [1.54, 1.807) is 0 Å². The molecule has 34 heavy (non-hydrogen) atoms. The van der Waals surface area contributed by atoms with Gasteiger partial charge in [0, 0.05) is 23.2 Å². The van der Waals surface area contributed by atoms with Gasteiger partial charge < -0.3 is 9.88 Å². The maximum atomic E-state index is 6.38. The molecule has 0 amide bonds. The molecule has 0 radical (unpaired) electrons. The minimum absolute atomic E-state index is 0.188. The van der Waals surface area contributed by atoms with Crippen molar-refractivity contribution in [1.82, 2.24) is 19.5 Å². The van der Waals surface area contributed by atoms with Gasteiger partial charge in [0.05, 0.1) is 0 Å². The second kappa shape index (κ2) is 9.77. The van der Waals surface area contributed by atoms with Crippen molar-refractivity contribution in [3.8, 4) is 11.4 Å². The van der Waals surface area contributed by atoms with Crippen molar-refractivity contribution in [2.75, 3.05) is 5.32 Å². The molecule has 1 aliphatic carbocycles. The fourth-order valence-corrected chi connectivity index (χ4v) is 4.90. The summed E-state index contributed by atoms with van der Waals surface area (Å²) >= 11 is 12.5. The monoisotopic (exact) mass is 491 g/mol. The van der Waals surface area contributed by atoms with Gasteiger partial charge >= 0.3 is 0 Å². The number of aryl methyl sites for hydroxylation is 1. The zero-order valence-electron chi connectivity index (χ0n) is 19.1. The van der Waals surface area contributed by atoms with Gasteiger partial charge in [-0.3, -0.25) is 0 Å². The molecule has 5 nitrogen and oxygen atoms in total. The third-order valence-corrected chi connectivity index (χ3v) is 6.99. The molecule has 0 aliphatic heterocycles. The van der Waals surface area contributed by atoms with E-state index in [9.17, 15) is 0 Å². The molecule has 0 spiro atoms. The maximum Gasteiger partial charge on any atom is 0.226 e. The van der Waals surface area contributed by atoms with Crippen LogP contribution in [0.2, 0.25) is 10.3 Å². The molecule has 1 atom stereocenters. The molecule has 0 unspecified atom stereocenters. The van der Waals surface area contributed by atoms with Crippen molar-refractivity contribution in [1.29, 1.82) is 0 Å². The molecule has 1 saturated carbocycles. The predicted molar refractivity (Wildman–Crippen MR) is 141 cm³/mol. The number of nitrogens with zero attached hydrogens (tertiary/aromatic N) is 4. The van der Waals surface area contributed by atoms with Gasteiger partial charge in [0.25, 0.3) is 0 Å². The highest BCUT2D eigenvalue weighted by molar-refractivity contribution is 6.30. The molecule has 1 N–H and O–H groups in total. The first-order valence-electron chi connectivity index (χ1n) is 11.6. The first kappa shape index (κ1) is 22.9. The topological polar surface area (TPSA) is 55.6 Å². The summed E-state index contributed by atoms with van der Waals surface area (Å²) in [5, 5.41) is 4.59. The van der Waals surface area contributed by atoms with Crippen LogP contribution in [0.1, 0.15) is 36.8 Å².